The van der Waals surface area contributed by atoms with Gasteiger partial charge in [0.15, 0.2) is 0 Å². The van der Waals surface area contributed by atoms with Gasteiger partial charge in [-0.25, -0.2) is 0 Å². The molecule has 0 atom stereocenters. The summed E-state index contributed by atoms with van der Waals surface area (Å²) in [6.45, 7) is 0.402. The van der Waals surface area contributed by atoms with E-state index in [-0.39, 0.29) is 0 Å². The molecule has 4 heteroatoms. The SMILES string of the molecule is CSc1ccc(Oc2c(Cl)cccc2CN)cc1. The Labute approximate surface area is 116 Å². The summed E-state index contributed by atoms with van der Waals surface area (Å²) in [5, 5.41) is 0.576. The maximum atomic E-state index is 6.13. The molecular weight excluding hydrogens is 266 g/mol. The number of ether oxygens (including phenoxy) is 1. The summed E-state index contributed by atoms with van der Waals surface area (Å²) in [6, 6.07) is 13.5. The van der Waals surface area contributed by atoms with Crippen LogP contribution in [0.1, 0.15) is 5.56 Å². The van der Waals surface area contributed by atoms with E-state index in [0.717, 1.165) is 11.3 Å². The number of para-hydroxylation sites is 1. The first-order chi connectivity index (χ1) is 8.74. The van der Waals surface area contributed by atoms with Crippen molar-refractivity contribution in [1.82, 2.24) is 0 Å². The van der Waals surface area contributed by atoms with Crippen LogP contribution in [-0.2, 0) is 6.54 Å². The highest BCUT2D eigenvalue weighted by Gasteiger charge is 2.08. The minimum atomic E-state index is 0.402. The highest BCUT2D eigenvalue weighted by Crippen LogP contribution is 2.33. The molecule has 0 aliphatic rings. The first-order valence-corrected chi connectivity index (χ1v) is 7.14. The van der Waals surface area contributed by atoms with E-state index in [0.29, 0.717) is 17.3 Å². The molecule has 0 fully saturated rings. The van der Waals surface area contributed by atoms with Gasteiger partial charge in [-0.15, -0.1) is 11.8 Å². The molecule has 18 heavy (non-hydrogen) atoms. The fourth-order valence-electron chi connectivity index (χ4n) is 1.59. The number of benzene rings is 2. The number of hydrogen-bond acceptors (Lipinski definition) is 3. The number of hydrogen-bond donors (Lipinski definition) is 1. The van der Waals surface area contributed by atoms with Crippen LogP contribution in [0, 0.1) is 0 Å². The summed E-state index contributed by atoms with van der Waals surface area (Å²) in [4.78, 5) is 1.19. The lowest BCUT2D eigenvalue weighted by molar-refractivity contribution is 0.476. The average Bonchev–Trinajstić information content (AvgIpc) is 2.42. The van der Waals surface area contributed by atoms with E-state index in [2.05, 4.69) is 0 Å². The first-order valence-electron chi connectivity index (χ1n) is 5.54. The molecule has 2 aromatic rings. The Balaban J connectivity index is 2.27. The molecule has 0 unspecified atom stereocenters. The zero-order valence-corrected chi connectivity index (χ0v) is 11.6. The smallest absolute Gasteiger partial charge is 0.150 e. The van der Waals surface area contributed by atoms with E-state index in [1.54, 1.807) is 17.8 Å². The Morgan fingerprint density at radius 1 is 1.17 bits per heavy atom. The van der Waals surface area contributed by atoms with Crippen LogP contribution in [0.4, 0.5) is 0 Å². The van der Waals surface area contributed by atoms with Gasteiger partial charge < -0.3 is 10.5 Å². The van der Waals surface area contributed by atoms with Gasteiger partial charge in [0.1, 0.15) is 11.5 Å². The molecule has 0 aliphatic carbocycles. The first kappa shape index (κ1) is 13.3. The van der Waals surface area contributed by atoms with Crippen LogP contribution in [0.5, 0.6) is 11.5 Å². The van der Waals surface area contributed by atoms with Crippen molar-refractivity contribution in [2.75, 3.05) is 6.26 Å². The average molecular weight is 280 g/mol. The van der Waals surface area contributed by atoms with Crippen molar-refractivity contribution in [2.24, 2.45) is 5.73 Å². The Bertz CT molecular complexity index is 528. The monoisotopic (exact) mass is 279 g/mol. The Morgan fingerprint density at radius 3 is 2.50 bits per heavy atom. The molecule has 0 saturated carbocycles. The maximum Gasteiger partial charge on any atom is 0.150 e. The van der Waals surface area contributed by atoms with Gasteiger partial charge in [0.25, 0.3) is 0 Å². The Kier molecular flexibility index (Phi) is 4.53. The van der Waals surface area contributed by atoms with Gasteiger partial charge in [0, 0.05) is 17.0 Å². The maximum absolute atomic E-state index is 6.13. The lowest BCUT2D eigenvalue weighted by atomic mass is 10.2. The second kappa shape index (κ2) is 6.14. The molecular formula is C14H14ClNOS. The molecule has 0 heterocycles. The van der Waals surface area contributed by atoms with Crippen LogP contribution in [0.2, 0.25) is 5.02 Å². The predicted octanol–water partition coefficient (Wildman–Crippen LogP) is 4.31. The topological polar surface area (TPSA) is 35.2 Å². The lowest BCUT2D eigenvalue weighted by Gasteiger charge is -2.11. The molecule has 0 saturated heterocycles. The van der Waals surface area contributed by atoms with Crippen LogP contribution in [0.15, 0.2) is 47.4 Å². The van der Waals surface area contributed by atoms with Gasteiger partial charge in [-0.1, -0.05) is 23.7 Å². The summed E-state index contributed by atoms with van der Waals surface area (Å²) >= 11 is 7.82. The van der Waals surface area contributed by atoms with E-state index < -0.39 is 0 Å². The Morgan fingerprint density at radius 2 is 1.89 bits per heavy atom. The summed E-state index contributed by atoms with van der Waals surface area (Å²) in [6.07, 6.45) is 2.04. The van der Waals surface area contributed by atoms with Gasteiger partial charge in [0.2, 0.25) is 0 Å². The zero-order chi connectivity index (χ0) is 13.0. The third kappa shape index (κ3) is 2.99. The standard InChI is InChI=1S/C14H14ClNOS/c1-18-12-7-5-11(6-8-12)17-14-10(9-16)3-2-4-13(14)15/h2-8H,9,16H2,1H3. The van der Waals surface area contributed by atoms with Crippen molar-refractivity contribution >= 4 is 23.4 Å². The van der Waals surface area contributed by atoms with Crippen molar-refractivity contribution in [3.05, 3.63) is 53.1 Å². The molecule has 94 valence electrons. The fourth-order valence-corrected chi connectivity index (χ4v) is 2.23. The molecule has 0 bridgehead atoms. The van der Waals surface area contributed by atoms with Crippen molar-refractivity contribution < 1.29 is 4.74 Å². The van der Waals surface area contributed by atoms with Crippen molar-refractivity contribution in [2.45, 2.75) is 11.4 Å². The fraction of sp³-hybridized carbons (Fsp3) is 0.143. The number of halogens is 1. The summed E-state index contributed by atoms with van der Waals surface area (Å²) in [7, 11) is 0. The molecule has 0 spiro atoms. The van der Waals surface area contributed by atoms with Crippen LogP contribution in [-0.4, -0.2) is 6.26 Å². The summed E-state index contributed by atoms with van der Waals surface area (Å²) in [5.41, 5.74) is 6.58. The highest BCUT2D eigenvalue weighted by molar-refractivity contribution is 7.98. The second-order valence-electron chi connectivity index (χ2n) is 3.71. The normalized spacial score (nSPS) is 10.4. The van der Waals surface area contributed by atoms with Gasteiger partial charge in [-0.2, -0.15) is 0 Å². The highest BCUT2D eigenvalue weighted by atomic mass is 35.5. The predicted molar refractivity (Wildman–Crippen MR) is 77.6 cm³/mol. The van der Waals surface area contributed by atoms with Crippen molar-refractivity contribution in [1.29, 1.82) is 0 Å². The van der Waals surface area contributed by atoms with Crippen LogP contribution in [0.3, 0.4) is 0 Å². The summed E-state index contributed by atoms with van der Waals surface area (Å²) < 4.78 is 5.81. The van der Waals surface area contributed by atoms with Gasteiger partial charge in [0.05, 0.1) is 5.02 Å². The molecule has 0 aromatic heterocycles. The minimum Gasteiger partial charge on any atom is -0.455 e. The van der Waals surface area contributed by atoms with Crippen molar-refractivity contribution in [3.8, 4) is 11.5 Å². The molecule has 0 aliphatic heterocycles. The van der Waals surface area contributed by atoms with E-state index in [1.165, 1.54) is 4.90 Å². The van der Waals surface area contributed by atoms with E-state index in [9.17, 15) is 0 Å². The number of thioether (sulfide) groups is 1. The second-order valence-corrected chi connectivity index (χ2v) is 5.00. The number of rotatable bonds is 4. The van der Waals surface area contributed by atoms with Gasteiger partial charge >= 0.3 is 0 Å². The van der Waals surface area contributed by atoms with Crippen molar-refractivity contribution in [3.63, 3.8) is 0 Å². The third-order valence-electron chi connectivity index (χ3n) is 2.55. The molecule has 2 aromatic carbocycles. The third-order valence-corrected chi connectivity index (χ3v) is 3.59. The zero-order valence-electron chi connectivity index (χ0n) is 10.0. The van der Waals surface area contributed by atoms with Gasteiger partial charge in [-0.05, 0) is 36.6 Å². The van der Waals surface area contributed by atoms with E-state index in [4.69, 9.17) is 22.1 Å². The minimum absolute atomic E-state index is 0.402. The van der Waals surface area contributed by atoms with E-state index >= 15 is 0 Å². The molecule has 0 radical (unpaired) electrons. The van der Waals surface area contributed by atoms with Crippen LogP contribution >= 0.6 is 23.4 Å². The Hall–Kier alpha value is -1.16. The summed E-state index contributed by atoms with van der Waals surface area (Å²) in [5.74, 6) is 1.40. The van der Waals surface area contributed by atoms with E-state index in [1.807, 2.05) is 42.7 Å². The van der Waals surface area contributed by atoms with Crippen LogP contribution in [0.25, 0.3) is 0 Å². The number of nitrogens with two attached hydrogens (primary N) is 1. The van der Waals surface area contributed by atoms with Gasteiger partial charge in [-0.3, -0.25) is 0 Å². The molecule has 2 N–H and O–H groups in total. The molecule has 0 amide bonds. The molecule has 2 nitrogen and oxygen atoms in total. The largest absolute Gasteiger partial charge is 0.455 e. The molecule has 2 rings (SSSR count). The quantitative estimate of drug-likeness (QED) is 0.847. The lowest BCUT2D eigenvalue weighted by Crippen LogP contribution is -1.99. The van der Waals surface area contributed by atoms with Crippen LogP contribution < -0.4 is 10.5 Å².